The van der Waals surface area contributed by atoms with Gasteiger partial charge in [0, 0.05) is 38.5 Å². The van der Waals surface area contributed by atoms with Crippen LogP contribution in [0.5, 0.6) is 11.6 Å². The number of rotatable bonds is 4. The van der Waals surface area contributed by atoms with Crippen molar-refractivity contribution in [3.05, 3.63) is 47.1 Å². The quantitative estimate of drug-likeness (QED) is 0.933. The van der Waals surface area contributed by atoms with Crippen molar-refractivity contribution in [2.45, 2.75) is 6.54 Å². The predicted octanol–water partition coefficient (Wildman–Crippen LogP) is 3.05. The fraction of sp³-hybridized carbons (Fsp3) is 0.214. The van der Waals surface area contributed by atoms with Gasteiger partial charge in [0.1, 0.15) is 5.75 Å². The Morgan fingerprint density at radius 1 is 1.26 bits per heavy atom. The molecular formula is C14H16ClN3O. The summed E-state index contributed by atoms with van der Waals surface area (Å²) in [5.41, 5.74) is 7.26. The summed E-state index contributed by atoms with van der Waals surface area (Å²) in [5, 5.41) is 0.553. The van der Waals surface area contributed by atoms with Crippen LogP contribution in [0.4, 0.5) is 5.69 Å². The van der Waals surface area contributed by atoms with Crippen molar-refractivity contribution in [2.24, 2.45) is 5.73 Å². The Morgan fingerprint density at radius 3 is 2.74 bits per heavy atom. The lowest BCUT2D eigenvalue weighted by atomic mass is 10.3. The summed E-state index contributed by atoms with van der Waals surface area (Å²) < 4.78 is 5.71. The molecule has 0 bridgehead atoms. The van der Waals surface area contributed by atoms with Gasteiger partial charge in [0.2, 0.25) is 5.88 Å². The van der Waals surface area contributed by atoms with Crippen LogP contribution in [0.1, 0.15) is 5.69 Å². The number of anilines is 1. The van der Waals surface area contributed by atoms with Crippen LogP contribution in [0.25, 0.3) is 0 Å². The van der Waals surface area contributed by atoms with Gasteiger partial charge in [0.25, 0.3) is 0 Å². The smallest absolute Gasteiger partial charge is 0.219 e. The first-order chi connectivity index (χ1) is 9.10. The van der Waals surface area contributed by atoms with E-state index < -0.39 is 0 Å². The van der Waals surface area contributed by atoms with Gasteiger partial charge in [-0.25, -0.2) is 4.98 Å². The van der Waals surface area contributed by atoms with E-state index in [4.69, 9.17) is 22.1 Å². The van der Waals surface area contributed by atoms with Crippen LogP contribution in [-0.4, -0.2) is 19.1 Å². The summed E-state index contributed by atoms with van der Waals surface area (Å²) in [7, 11) is 3.96. The number of nitrogens with two attached hydrogens (primary N) is 1. The van der Waals surface area contributed by atoms with Gasteiger partial charge < -0.3 is 15.4 Å². The average Bonchev–Trinajstić information content (AvgIpc) is 2.41. The number of pyridine rings is 1. The van der Waals surface area contributed by atoms with E-state index in [0.29, 0.717) is 16.6 Å². The van der Waals surface area contributed by atoms with Gasteiger partial charge in [-0.3, -0.25) is 0 Å². The summed E-state index contributed by atoms with van der Waals surface area (Å²) in [6.45, 7) is 0.285. The van der Waals surface area contributed by atoms with Crippen molar-refractivity contribution >= 4 is 17.3 Å². The maximum atomic E-state index is 5.96. The second-order valence-electron chi connectivity index (χ2n) is 4.28. The highest BCUT2D eigenvalue weighted by atomic mass is 35.5. The van der Waals surface area contributed by atoms with Crippen molar-refractivity contribution < 1.29 is 4.74 Å². The molecule has 0 atom stereocenters. The molecule has 2 N–H and O–H groups in total. The molecule has 0 amide bonds. The Labute approximate surface area is 117 Å². The Bertz CT molecular complexity index is 572. The second kappa shape index (κ2) is 5.91. The standard InChI is InChI=1S/C14H16ClN3O/c1-18(2)10-4-3-5-11(8-10)19-14-7-6-12(15)13(9-16)17-14/h3-8H,9,16H2,1-2H3. The first-order valence-electron chi connectivity index (χ1n) is 5.91. The molecule has 0 aliphatic heterocycles. The van der Waals surface area contributed by atoms with E-state index in [-0.39, 0.29) is 6.54 Å². The summed E-state index contributed by atoms with van der Waals surface area (Å²) in [5.74, 6) is 1.21. The molecule has 1 aromatic heterocycles. The van der Waals surface area contributed by atoms with E-state index >= 15 is 0 Å². The van der Waals surface area contributed by atoms with Gasteiger partial charge in [-0.05, 0) is 18.2 Å². The number of ether oxygens (including phenoxy) is 1. The molecule has 0 unspecified atom stereocenters. The molecule has 19 heavy (non-hydrogen) atoms. The average molecular weight is 278 g/mol. The molecule has 1 aromatic carbocycles. The first kappa shape index (κ1) is 13.6. The molecule has 5 heteroatoms. The number of hydrogen-bond acceptors (Lipinski definition) is 4. The van der Waals surface area contributed by atoms with Crippen molar-refractivity contribution in [3.8, 4) is 11.6 Å². The molecule has 0 saturated carbocycles. The highest BCUT2D eigenvalue weighted by Gasteiger charge is 2.05. The Kier molecular flexibility index (Phi) is 4.24. The molecule has 0 aliphatic carbocycles. The molecule has 0 fully saturated rings. The zero-order valence-electron chi connectivity index (χ0n) is 10.9. The van der Waals surface area contributed by atoms with Gasteiger partial charge in [0.05, 0.1) is 10.7 Å². The van der Waals surface area contributed by atoms with Crippen LogP contribution < -0.4 is 15.4 Å². The molecule has 2 rings (SSSR count). The molecule has 0 radical (unpaired) electrons. The van der Waals surface area contributed by atoms with E-state index in [1.807, 2.05) is 43.3 Å². The monoisotopic (exact) mass is 277 g/mol. The van der Waals surface area contributed by atoms with E-state index in [9.17, 15) is 0 Å². The minimum atomic E-state index is 0.285. The molecule has 0 spiro atoms. The molecule has 1 heterocycles. The number of benzene rings is 1. The largest absolute Gasteiger partial charge is 0.439 e. The summed E-state index contributed by atoms with van der Waals surface area (Å²) in [4.78, 5) is 6.28. The number of nitrogens with zero attached hydrogens (tertiary/aromatic N) is 2. The Hall–Kier alpha value is -1.78. The second-order valence-corrected chi connectivity index (χ2v) is 4.68. The van der Waals surface area contributed by atoms with Crippen molar-refractivity contribution in [1.29, 1.82) is 0 Å². The Balaban J connectivity index is 2.23. The number of hydrogen-bond donors (Lipinski definition) is 1. The molecule has 0 aliphatic rings. The highest BCUT2D eigenvalue weighted by molar-refractivity contribution is 6.31. The first-order valence-corrected chi connectivity index (χ1v) is 6.28. The number of halogens is 1. The van der Waals surface area contributed by atoms with Crippen molar-refractivity contribution in [2.75, 3.05) is 19.0 Å². The van der Waals surface area contributed by atoms with E-state index in [1.165, 1.54) is 0 Å². The van der Waals surface area contributed by atoms with E-state index in [0.717, 1.165) is 11.4 Å². The third kappa shape index (κ3) is 3.36. The summed E-state index contributed by atoms with van der Waals surface area (Å²) in [6, 6.07) is 11.2. The van der Waals surface area contributed by atoms with Crippen molar-refractivity contribution in [1.82, 2.24) is 4.98 Å². The fourth-order valence-corrected chi connectivity index (χ4v) is 1.79. The van der Waals surface area contributed by atoms with Gasteiger partial charge >= 0.3 is 0 Å². The molecule has 0 saturated heterocycles. The predicted molar refractivity (Wildman–Crippen MR) is 78.0 cm³/mol. The normalized spacial score (nSPS) is 10.3. The zero-order valence-corrected chi connectivity index (χ0v) is 11.7. The lowest BCUT2D eigenvalue weighted by Crippen LogP contribution is -2.08. The van der Waals surface area contributed by atoms with Gasteiger partial charge in [-0.15, -0.1) is 0 Å². The van der Waals surface area contributed by atoms with Crippen LogP contribution >= 0.6 is 11.6 Å². The third-order valence-corrected chi connectivity index (χ3v) is 2.99. The summed E-state index contributed by atoms with van der Waals surface area (Å²) >= 11 is 5.96. The maximum absolute atomic E-state index is 5.96. The van der Waals surface area contributed by atoms with Crippen molar-refractivity contribution in [3.63, 3.8) is 0 Å². The molecule has 4 nitrogen and oxygen atoms in total. The minimum Gasteiger partial charge on any atom is -0.439 e. The number of aromatic nitrogens is 1. The zero-order chi connectivity index (χ0) is 13.8. The van der Waals surface area contributed by atoms with Crippen LogP contribution in [0.3, 0.4) is 0 Å². The van der Waals surface area contributed by atoms with Crippen LogP contribution in [0.15, 0.2) is 36.4 Å². The summed E-state index contributed by atoms with van der Waals surface area (Å²) in [6.07, 6.45) is 0. The lowest BCUT2D eigenvalue weighted by molar-refractivity contribution is 0.461. The highest BCUT2D eigenvalue weighted by Crippen LogP contribution is 2.25. The van der Waals surface area contributed by atoms with Crippen LogP contribution in [-0.2, 0) is 6.54 Å². The third-order valence-electron chi connectivity index (χ3n) is 2.64. The molecular weight excluding hydrogens is 262 g/mol. The van der Waals surface area contributed by atoms with Gasteiger partial charge in [0.15, 0.2) is 0 Å². The maximum Gasteiger partial charge on any atom is 0.219 e. The topological polar surface area (TPSA) is 51.4 Å². The Morgan fingerprint density at radius 2 is 2.05 bits per heavy atom. The lowest BCUT2D eigenvalue weighted by Gasteiger charge is -2.14. The van der Waals surface area contributed by atoms with Gasteiger partial charge in [-0.1, -0.05) is 17.7 Å². The minimum absolute atomic E-state index is 0.285. The van der Waals surface area contributed by atoms with Crippen LogP contribution in [0.2, 0.25) is 5.02 Å². The molecule has 100 valence electrons. The SMILES string of the molecule is CN(C)c1cccc(Oc2ccc(Cl)c(CN)n2)c1. The van der Waals surface area contributed by atoms with E-state index in [1.54, 1.807) is 12.1 Å². The fourth-order valence-electron chi connectivity index (χ4n) is 1.61. The van der Waals surface area contributed by atoms with E-state index in [2.05, 4.69) is 4.98 Å². The van der Waals surface area contributed by atoms with Gasteiger partial charge in [-0.2, -0.15) is 0 Å². The molecule has 2 aromatic rings. The van der Waals surface area contributed by atoms with Crippen LogP contribution in [0, 0.1) is 0 Å².